The van der Waals surface area contributed by atoms with Crippen LogP contribution in [-0.4, -0.2) is 28.2 Å². The number of hydrogen-bond donors (Lipinski definition) is 2. The molecule has 0 aromatic carbocycles. The Morgan fingerprint density at radius 2 is 2.05 bits per heavy atom. The molecule has 0 unspecified atom stereocenters. The summed E-state index contributed by atoms with van der Waals surface area (Å²) in [6.07, 6.45) is 6.27. The first-order valence-electron chi connectivity index (χ1n) is 5.63. The molecule has 0 spiro atoms. The second-order valence-electron chi connectivity index (χ2n) is 3.87. The average Bonchev–Trinajstić information content (AvgIpc) is 2.72. The molecular formula is C10H14N6O2S. The molecule has 0 amide bonds. The first kappa shape index (κ1) is 13.3. The Morgan fingerprint density at radius 1 is 1.37 bits per heavy atom. The van der Waals surface area contributed by atoms with Crippen LogP contribution in [0.4, 0.5) is 11.5 Å². The number of nitrogens with one attached hydrogen (secondary N) is 1. The van der Waals surface area contributed by atoms with Gasteiger partial charge in [0.25, 0.3) is 10.0 Å². The van der Waals surface area contributed by atoms with Crippen molar-refractivity contribution in [2.75, 3.05) is 10.5 Å². The third-order valence-corrected chi connectivity index (χ3v) is 3.71. The van der Waals surface area contributed by atoms with Gasteiger partial charge in [-0.15, -0.1) is 0 Å². The van der Waals surface area contributed by atoms with Crippen LogP contribution in [0.5, 0.6) is 0 Å². The van der Waals surface area contributed by atoms with Gasteiger partial charge in [0.15, 0.2) is 5.82 Å². The summed E-state index contributed by atoms with van der Waals surface area (Å²) in [5, 5.41) is 3.95. The number of nitrogen functional groups attached to an aromatic ring is 1. The molecule has 3 N–H and O–H groups in total. The molecule has 9 heteroatoms. The zero-order valence-electron chi connectivity index (χ0n) is 10.3. The minimum absolute atomic E-state index is 0.0298. The van der Waals surface area contributed by atoms with E-state index in [1.54, 1.807) is 0 Å². The fraction of sp³-hybridized carbons (Fsp3) is 0.300. The van der Waals surface area contributed by atoms with Crippen LogP contribution in [0, 0.1) is 0 Å². The summed E-state index contributed by atoms with van der Waals surface area (Å²) in [4.78, 5) is 7.41. The Morgan fingerprint density at radius 3 is 2.68 bits per heavy atom. The lowest BCUT2D eigenvalue weighted by Crippen LogP contribution is -2.14. The molecule has 0 saturated carbocycles. The van der Waals surface area contributed by atoms with Gasteiger partial charge in [0, 0.05) is 12.7 Å². The Bertz CT molecular complexity index is 652. The molecule has 8 nitrogen and oxygen atoms in total. The molecule has 2 rings (SSSR count). The number of rotatable bonds is 5. The Kier molecular flexibility index (Phi) is 3.65. The second-order valence-corrected chi connectivity index (χ2v) is 5.53. The van der Waals surface area contributed by atoms with Gasteiger partial charge in [-0.05, 0) is 6.42 Å². The molecule has 0 aliphatic heterocycles. The molecular weight excluding hydrogens is 268 g/mol. The number of hydrogen-bond acceptors (Lipinski definition) is 6. The molecule has 0 atom stereocenters. The minimum Gasteiger partial charge on any atom is -0.381 e. The lowest BCUT2D eigenvalue weighted by molar-refractivity contribution is 0.595. The SMILES string of the molecule is CCCn1cc(S(=O)(=O)Nc2cncnc2)c(N)n1. The number of aryl methyl sites for hydroxylation is 1. The smallest absolute Gasteiger partial charge is 0.267 e. The molecule has 0 fully saturated rings. The predicted molar refractivity (Wildman–Crippen MR) is 69.8 cm³/mol. The van der Waals surface area contributed by atoms with Crippen molar-refractivity contribution in [3.63, 3.8) is 0 Å². The summed E-state index contributed by atoms with van der Waals surface area (Å²) in [5.41, 5.74) is 5.90. The monoisotopic (exact) mass is 282 g/mol. The van der Waals surface area contributed by atoms with Crippen LogP contribution < -0.4 is 10.5 Å². The standard InChI is InChI=1S/C10H14N6O2S/c1-2-3-16-6-9(10(11)14-16)19(17,18)15-8-4-12-7-13-5-8/h4-7,15H,2-3H2,1H3,(H2,11,14). The van der Waals surface area contributed by atoms with E-state index in [9.17, 15) is 8.42 Å². The van der Waals surface area contributed by atoms with Crippen LogP contribution in [0.1, 0.15) is 13.3 Å². The summed E-state index contributed by atoms with van der Waals surface area (Å²) in [6, 6.07) is 0. The van der Waals surface area contributed by atoms with Gasteiger partial charge in [-0.1, -0.05) is 6.92 Å². The van der Waals surface area contributed by atoms with Crippen molar-refractivity contribution in [1.29, 1.82) is 0 Å². The van der Waals surface area contributed by atoms with Crippen LogP contribution in [-0.2, 0) is 16.6 Å². The Hall–Kier alpha value is -2.16. The van der Waals surface area contributed by atoms with Crippen LogP contribution in [0.3, 0.4) is 0 Å². The molecule has 0 radical (unpaired) electrons. The van der Waals surface area contributed by atoms with E-state index in [-0.39, 0.29) is 16.4 Å². The van der Waals surface area contributed by atoms with E-state index in [2.05, 4.69) is 19.8 Å². The van der Waals surface area contributed by atoms with Gasteiger partial charge in [-0.25, -0.2) is 18.4 Å². The molecule has 102 valence electrons. The largest absolute Gasteiger partial charge is 0.381 e. The normalized spacial score (nSPS) is 11.4. The zero-order chi connectivity index (χ0) is 13.9. The maximum atomic E-state index is 12.1. The summed E-state index contributed by atoms with van der Waals surface area (Å²) in [6.45, 7) is 2.57. The highest BCUT2D eigenvalue weighted by Crippen LogP contribution is 2.19. The Labute approximate surface area is 110 Å². The van der Waals surface area contributed by atoms with E-state index in [1.807, 2.05) is 6.92 Å². The first-order chi connectivity index (χ1) is 9.03. The predicted octanol–water partition coefficient (Wildman–Crippen LogP) is 0.466. The maximum Gasteiger partial charge on any atom is 0.267 e. The molecule has 0 bridgehead atoms. The number of anilines is 2. The van der Waals surface area contributed by atoms with Crippen molar-refractivity contribution in [3.05, 3.63) is 24.9 Å². The van der Waals surface area contributed by atoms with E-state index >= 15 is 0 Å². The van der Waals surface area contributed by atoms with Gasteiger partial charge >= 0.3 is 0 Å². The van der Waals surface area contributed by atoms with Crippen LogP contribution >= 0.6 is 0 Å². The van der Waals surface area contributed by atoms with Crippen molar-refractivity contribution in [1.82, 2.24) is 19.7 Å². The molecule has 2 aromatic rings. The Balaban J connectivity index is 2.29. The van der Waals surface area contributed by atoms with Crippen LogP contribution in [0.25, 0.3) is 0 Å². The average molecular weight is 282 g/mol. The van der Waals surface area contributed by atoms with Gasteiger partial charge in [0.1, 0.15) is 11.2 Å². The number of nitrogens with two attached hydrogens (primary N) is 1. The van der Waals surface area contributed by atoms with E-state index in [1.165, 1.54) is 29.6 Å². The third-order valence-electron chi connectivity index (χ3n) is 2.31. The minimum atomic E-state index is -3.78. The molecule has 0 saturated heterocycles. The highest BCUT2D eigenvalue weighted by molar-refractivity contribution is 7.92. The number of sulfonamides is 1. The van der Waals surface area contributed by atoms with Crippen molar-refractivity contribution < 1.29 is 8.42 Å². The second kappa shape index (κ2) is 5.22. The van der Waals surface area contributed by atoms with E-state index in [0.717, 1.165) is 6.42 Å². The maximum absolute atomic E-state index is 12.1. The van der Waals surface area contributed by atoms with Crippen LogP contribution in [0.15, 0.2) is 29.8 Å². The van der Waals surface area contributed by atoms with E-state index in [4.69, 9.17) is 5.73 Å². The first-order valence-corrected chi connectivity index (χ1v) is 7.12. The third kappa shape index (κ3) is 2.99. The van der Waals surface area contributed by atoms with Crippen LogP contribution in [0.2, 0.25) is 0 Å². The van der Waals surface area contributed by atoms with Gasteiger partial charge < -0.3 is 5.73 Å². The molecule has 0 aliphatic rings. The van der Waals surface area contributed by atoms with Gasteiger partial charge in [0.05, 0.1) is 18.1 Å². The number of nitrogens with zero attached hydrogens (tertiary/aromatic N) is 4. The number of aromatic nitrogens is 4. The molecule has 2 heterocycles. The van der Waals surface area contributed by atoms with Crippen molar-refractivity contribution in [3.8, 4) is 0 Å². The van der Waals surface area contributed by atoms with Gasteiger partial charge in [-0.3, -0.25) is 9.40 Å². The van der Waals surface area contributed by atoms with Crippen molar-refractivity contribution >= 4 is 21.5 Å². The quantitative estimate of drug-likeness (QED) is 0.823. The summed E-state index contributed by atoms with van der Waals surface area (Å²) >= 11 is 0. The molecule has 0 aliphatic carbocycles. The van der Waals surface area contributed by atoms with Gasteiger partial charge in [-0.2, -0.15) is 5.10 Å². The van der Waals surface area contributed by atoms with E-state index < -0.39 is 10.0 Å². The van der Waals surface area contributed by atoms with Gasteiger partial charge in [0.2, 0.25) is 0 Å². The van der Waals surface area contributed by atoms with Crippen molar-refractivity contribution in [2.45, 2.75) is 24.8 Å². The van der Waals surface area contributed by atoms with Crippen molar-refractivity contribution in [2.24, 2.45) is 0 Å². The lowest BCUT2D eigenvalue weighted by Gasteiger charge is -2.05. The highest BCUT2D eigenvalue weighted by atomic mass is 32.2. The fourth-order valence-corrected chi connectivity index (χ4v) is 2.63. The summed E-state index contributed by atoms with van der Waals surface area (Å²) in [5.74, 6) is -0.0298. The summed E-state index contributed by atoms with van der Waals surface area (Å²) in [7, 11) is -3.78. The topological polar surface area (TPSA) is 116 Å². The molecule has 2 aromatic heterocycles. The molecule has 19 heavy (non-hydrogen) atoms. The fourth-order valence-electron chi connectivity index (χ4n) is 1.53. The summed E-state index contributed by atoms with van der Waals surface area (Å²) < 4.78 is 28.1. The zero-order valence-corrected chi connectivity index (χ0v) is 11.1. The highest BCUT2D eigenvalue weighted by Gasteiger charge is 2.21. The lowest BCUT2D eigenvalue weighted by atomic mass is 10.5. The van der Waals surface area contributed by atoms with E-state index in [0.29, 0.717) is 6.54 Å².